The maximum Gasteiger partial charge on any atom is 0.271 e. The molecule has 0 aliphatic heterocycles. The summed E-state index contributed by atoms with van der Waals surface area (Å²) in [6, 6.07) is 12.8. The summed E-state index contributed by atoms with van der Waals surface area (Å²) in [5.41, 5.74) is -0.0244. The maximum atomic E-state index is 12.1. The fourth-order valence-corrected chi connectivity index (χ4v) is 2.64. The molecule has 0 unspecified atom stereocenters. The molecule has 0 atom stereocenters. The molecule has 0 bridgehead atoms. The van der Waals surface area contributed by atoms with Gasteiger partial charge in [-0.3, -0.25) is 9.59 Å². The molecule has 2 rings (SSSR count). The number of benzene rings is 1. The SMILES string of the molecule is COCCn1nc(C(=O)NCCSc2ccccc2)ccc1=O. The van der Waals surface area contributed by atoms with Crippen molar-refractivity contribution in [3.63, 3.8) is 0 Å². The van der Waals surface area contributed by atoms with Crippen molar-refractivity contribution in [2.75, 3.05) is 26.0 Å². The Balaban J connectivity index is 1.84. The highest BCUT2D eigenvalue weighted by atomic mass is 32.2. The number of amides is 1. The normalized spacial score (nSPS) is 10.5. The highest BCUT2D eigenvalue weighted by molar-refractivity contribution is 7.99. The van der Waals surface area contributed by atoms with Crippen LogP contribution in [0.4, 0.5) is 0 Å². The number of rotatable bonds is 8. The number of methoxy groups -OCH3 is 1. The van der Waals surface area contributed by atoms with Gasteiger partial charge in [-0.15, -0.1) is 11.8 Å². The first-order chi connectivity index (χ1) is 11.2. The Morgan fingerprint density at radius 2 is 2.04 bits per heavy atom. The van der Waals surface area contributed by atoms with E-state index in [0.29, 0.717) is 19.7 Å². The Bertz CT molecular complexity index is 688. The average molecular weight is 333 g/mol. The first-order valence-electron chi connectivity index (χ1n) is 7.24. The molecule has 2 aromatic rings. The van der Waals surface area contributed by atoms with Crippen molar-refractivity contribution in [3.05, 3.63) is 58.5 Å². The first kappa shape index (κ1) is 17.2. The van der Waals surface area contributed by atoms with Gasteiger partial charge in [-0.25, -0.2) is 4.68 Å². The molecule has 7 heteroatoms. The third-order valence-corrected chi connectivity index (χ3v) is 4.02. The molecule has 1 heterocycles. The van der Waals surface area contributed by atoms with Crippen molar-refractivity contribution in [2.45, 2.75) is 11.4 Å². The fraction of sp³-hybridized carbons (Fsp3) is 0.312. The van der Waals surface area contributed by atoms with Gasteiger partial charge in [0.05, 0.1) is 13.2 Å². The molecular formula is C16H19N3O3S. The van der Waals surface area contributed by atoms with Crippen LogP contribution in [0.15, 0.2) is 52.2 Å². The molecule has 0 fully saturated rings. The molecule has 0 saturated heterocycles. The number of hydrogen-bond donors (Lipinski definition) is 1. The Kier molecular flexibility index (Phi) is 6.83. The zero-order valence-electron chi connectivity index (χ0n) is 12.9. The van der Waals surface area contributed by atoms with E-state index in [2.05, 4.69) is 10.4 Å². The molecular weight excluding hydrogens is 314 g/mol. The van der Waals surface area contributed by atoms with Crippen molar-refractivity contribution in [1.29, 1.82) is 0 Å². The van der Waals surface area contributed by atoms with E-state index >= 15 is 0 Å². The van der Waals surface area contributed by atoms with E-state index < -0.39 is 0 Å². The van der Waals surface area contributed by atoms with Gasteiger partial charge in [-0.05, 0) is 18.2 Å². The number of carbonyl (C=O) groups excluding carboxylic acids is 1. The zero-order valence-corrected chi connectivity index (χ0v) is 13.7. The summed E-state index contributed by atoms with van der Waals surface area (Å²) >= 11 is 1.67. The molecule has 1 N–H and O–H groups in total. The second kappa shape index (κ2) is 9.12. The van der Waals surface area contributed by atoms with Gasteiger partial charge in [0.1, 0.15) is 5.69 Å². The predicted molar refractivity (Wildman–Crippen MR) is 89.9 cm³/mol. The van der Waals surface area contributed by atoms with E-state index in [1.165, 1.54) is 16.8 Å². The number of nitrogens with zero attached hydrogens (tertiary/aromatic N) is 2. The van der Waals surface area contributed by atoms with Crippen LogP contribution in [0, 0.1) is 0 Å². The third kappa shape index (κ3) is 5.54. The molecule has 1 aromatic heterocycles. The predicted octanol–water partition coefficient (Wildman–Crippen LogP) is 1.41. The first-order valence-corrected chi connectivity index (χ1v) is 8.22. The van der Waals surface area contributed by atoms with Crippen LogP contribution in [-0.4, -0.2) is 41.7 Å². The van der Waals surface area contributed by atoms with Gasteiger partial charge in [0, 0.05) is 30.4 Å². The molecule has 0 aliphatic carbocycles. The lowest BCUT2D eigenvalue weighted by molar-refractivity contribution is 0.0947. The van der Waals surface area contributed by atoms with Gasteiger partial charge in [0.15, 0.2) is 0 Å². The highest BCUT2D eigenvalue weighted by Crippen LogP contribution is 2.15. The van der Waals surface area contributed by atoms with Crippen LogP contribution >= 0.6 is 11.8 Å². The van der Waals surface area contributed by atoms with Crippen LogP contribution in [0.5, 0.6) is 0 Å². The second-order valence-corrected chi connectivity index (χ2v) is 5.86. The summed E-state index contributed by atoms with van der Waals surface area (Å²) in [7, 11) is 1.55. The van der Waals surface area contributed by atoms with E-state index in [0.717, 1.165) is 10.6 Å². The van der Waals surface area contributed by atoms with Crippen LogP contribution < -0.4 is 10.9 Å². The van der Waals surface area contributed by atoms with Gasteiger partial charge in [-0.1, -0.05) is 18.2 Å². The topological polar surface area (TPSA) is 73.2 Å². The van der Waals surface area contributed by atoms with Crippen LogP contribution in [-0.2, 0) is 11.3 Å². The lowest BCUT2D eigenvalue weighted by Gasteiger charge is -2.07. The van der Waals surface area contributed by atoms with Crippen LogP contribution in [0.25, 0.3) is 0 Å². The van der Waals surface area contributed by atoms with Crippen LogP contribution in [0.1, 0.15) is 10.5 Å². The monoisotopic (exact) mass is 333 g/mol. The molecule has 0 spiro atoms. The number of carbonyl (C=O) groups is 1. The van der Waals surface area contributed by atoms with Gasteiger partial charge in [0.2, 0.25) is 0 Å². The van der Waals surface area contributed by atoms with E-state index in [1.54, 1.807) is 18.9 Å². The van der Waals surface area contributed by atoms with Crippen molar-refractivity contribution in [1.82, 2.24) is 15.1 Å². The summed E-state index contributed by atoms with van der Waals surface area (Å²) in [6.45, 7) is 1.21. The van der Waals surface area contributed by atoms with Gasteiger partial charge < -0.3 is 10.1 Å². The molecule has 0 aliphatic rings. The van der Waals surface area contributed by atoms with Crippen LogP contribution in [0.2, 0.25) is 0 Å². The second-order valence-electron chi connectivity index (χ2n) is 4.69. The van der Waals surface area contributed by atoms with Crippen molar-refractivity contribution >= 4 is 17.7 Å². The lowest BCUT2D eigenvalue weighted by atomic mass is 10.3. The Labute approximate surface area is 138 Å². The summed E-state index contributed by atoms with van der Waals surface area (Å²) < 4.78 is 6.15. The van der Waals surface area contributed by atoms with Crippen molar-refractivity contribution < 1.29 is 9.53 Å². The van der Waals surface area contributed by atoms with Crippen molar-refractivity contribution in [2.24, 2.45) is 0 Å². The van der Waals surface area contributed by atoms with Crippen LogP contribution in [0.3, 0.4) is 0 Å². The Hall–Kier alpha value is -2.12. The number of aromatic nitrogens is 2. The van der Waals surface area contributed by atoms with Gasteiger partial charge >= 0.3 is 0 Å². The fourth-order valence-electron chi connectivity index (χ4n) is 1.85. The minimum Gasteiger partial charge on any atom is -0.383 e. The average Bonchev–Trinajstić information content (AvgIpc) is 2.58. The Morgan fingerprint density at radius 1 is 1.26 bits per heavy atom. The molecule has 23 heavy (non-hydrogen) atoms. The van der Waals surface area contributed by atoms with Gasteiger partial charge in [0.25, 0.3) is 11.5 Å². The number of nitrogens with one attached hydrogen (secondary N) is 1. The van der Waals surface area contributed by atoms with Crippen molar-refractivity contribution in [3.8, 4) is 0 Å². The van der Waals surface area contributed by atoms with E-state index in [4.69, 9.17) is 4.74 Å². The lowest BCUT2D eigenvalue weighted by Crippen LogP contribution is -2.31. The summed E-state index contributed by atoms with van der Waals surface area (Å²) in [5, 5.41) is 6.86. The molecule has 6 nitrogen and oxygen atoms in total. The molecule has 1 amide bonds. The van der Waals surface area contributed by atoms with Gasteiger partial charge in [-0.2, -0.15) is 5.10 Å². The minimum atomic E-state index is -0.287. The van der Waals surface area contributed by atoms with E-state index in [-0.39, 0.29) is 17.2 Å². The molecule has 122 valence electrons. The molecule has 0 saturated carbocycles. The maximum absolute atomic E-state index is 12.1. The Morgan fingerprint density at radius 3 is 2.78 bits per heavy atom. The third-order valence-electron chi connectivity index (χ3n) is 3.01. The van der Waals surface area contributed by atoms with E-state index in [1.807, 2.05) is 30.3 Å². The number of thioether (sulfide) groups is 1. The molecule has 1 aromatic carbocycles. The van der Waals surface area contributed by atoms with E-state index in [9.17, 15) is 9.59 Å². The number of ether oxygens (including phenoxy) is 1. The smallest absolute Gasteiger partial charge is 0.271 e. The number of hydrogen-bond acceptors (Lipinski definition) is 5. The highest BCUT2D eigenvalue weighted by Gasteiger charge is 2.09. The zero-order chi connectivity index (χ0) is 16.5. The largest absolute Gasteiger partial charge is 0.383 e. The quantitative estimate of drug-likeness (QED) is 0.584. The standard InChI is InChI=1S/C16H19N3O3S/c1-22-11-10-19-15(20)8-7-14(18-19)16(21)17-9-12-23-13-5-3-2-4-6-13/h2-8H,9-12H2,1H3,(H,17,21). The summed E-state index contributed by atoms with van der Waals surface area (Å²) in [4.78, 5) is 24.9. The summed E-state index contributed by atoms with van der Waals surface area (Å²) in [6.07, 6.45) is 0. The minimum absolute atomic E-state index is 0.227. The summed E-state index contributed by atoms with van der Waals surface area (Å²) in [5.74, 6) is 0.476. The molecule has 0 radical (unpaired) electrons.